The third kappa shape index (κ3) is 2.91. The minimum absolute atomic E-state index is 0.324. The summed E-state index contributed by atoms with van der Waals surface area (Å²) in [7, 11) is 0. The van der Waals surface area contributed by atoms with Crippen molar-refractivity contribution < 1.29 is 4.74 Å². The maximum absolute atomic E-state index is 5.65. The fourth-order valence-corrected chi connectivity index (χ4v) is 4.13. The molecule has 2 nitrogen and oxygen atoms in total. The Hall–Kier alpha value is -0.860. The van der Waals surface area contributed by atoms with E-state index in [4.69, 9.17) is 4.74 Å². The van der Waals surface area contributed by atoms with Gasteiger partial charge in [-0.1, -0.05) is 24.3 Å². The van der Waals surface area contributed by atoms with Gasteiger partial charge in [0.15, 0.2) is 0 Å². The molecule has 1 aromatic carbocycles. The summed E-state index contributed by atoms with van der Waals surface area (Å²) < 4.78 is 5.65. The van der Waals surface area contributed by atoms with E-state index in [-0.39, 0.29) is 0 Å². The standard InChI is InChI=1S/C18H27NO/c1-3-20-13(2)12-19-18-16-8-9-17(18)11-15-7-5-4-6-14(15)10-16/h4-7,13,16-19H,3,8-12H2,1-2H3. The van der Waals surface area contributed by atoms with E-state index in [1.54, 1.807) is 11.1 Å². The van der Waals surface area contributed by atoms with Gasteiger partial charge in [-0.15, -0.1) is 0 Å². The van der Waals surface area contributed by atoms with Crippen LogP contribution in [0.3, 0.4) is 0 Å². The van der Waals surface area contributed by atoms with Gasteiger partial charge in [0.2, 0.25) is 0 Å². The van der Waals surface area contributed by atoms with Gasteiger partial charge in [0, 0.05) is 19.2 Å². The Labute approximate surface area is 122 Å². The average Bonchev–Trinajstić information content (AvgIpc) is 2.71. The van der Waals surface area contributed by atoms with Crippen LogP contribution in [-0.2, 0) is 17.6 Å². The van der Waals surface area contributed by atoms with Gasteiger partial charge in [0.1, 0.15) is 0 Å². The summed E-state index contributed by atoms with van der Waals surface area (Å²) >= 11 is 0. The zero-order valence-corrected chi connectivity index (χ0v) is 12.8. The fourth-order valence-electron chi connectivity index (χ4n) is 4.13. The number of nitrogens with one attached hydrogen (secondary N) is 1. The summed E-state index contributed by atoms with van der Waals surface area (Å²) in [6.07, 6.45) is 5.62. The number of rotatable bonds is 5. The molecule has 3 atom stereocenters. The van der Waals surface area contributed by atoms with Crippen molar-refractivity contribution in [1.82, 2.24) is 5.32 Å². The molecule has 0 spiro atoms. The molecule has 0 aromatic heterocycles. The van der Waals surface area contributed by atoms with Crippen molar-refractivity contribution in [2.45, 2.75) is 51.7 Å². The van der Waals surface area contributed by atoms with Crippen molar-refractivity contribution in [2.24, 2.45) is 11.8 Å². The Balaban J connectivity index is 1.66. The van der Waals surface area contributed by atoms with E-state index in [1.807, 2.05) is 0 Å². The molecule has 3 unspecified atom stereocenters. The molecule has 110 valence electrons. The van der Waals surface area contributed by atoms with Crippen molar-refractivity contribution in [3.63, 3.8) is 0 Å². The van der Waals surface area contributed by atoms with Gasteiger partial charge in [0.05, 0.1) is 6.10 Å². The third-order valence-electron chi connectivity index (χ3n) is 5.10. The Bertz CT molecular complexity index is 412. The predicted octanol–water partition coefficient (Wildman–Crippen LogP) is 3.19. The zero-order valence-electron chi connectivity index (χ0n) is 12.8. The van der Waals surface area contributed by atoms with Crippen LogP contribution in [0, 0.1) is 11.8 Å². The summed E-state index contributed by atoms with van der Waals surface area (Å²) in [5.74, 6) is 1.63. The van der Waals surface area contributed by atoms with Gasteiger partial charge in [-0.05, 0) is 62.5 Å². The first-order chi connectivity index (χ1) is 9.78. The van der Waals surface area contributed by atoms with E-state index >= 15 is 0 Å². The van der Waals surface area contributed by atoms with Crippen molar-refractivity contribution in [3.8, 4) is 0 Å². The van der Waals surface area contributed by atoms with Crippen molar-refractivity contribution in [3.05, 3.63) is 35.4 Å². The lowest BCUT2D eigenvalue weighted by Crippen LogP contribution is -2.42. The molecule has 0 aliphatic heterocycles. The highest BCUT2D eigenvalue weighted by atomic mass is 16.5. The van der Waals surface area contributed by atoms with Crippen LogP contribution in [0.2, 0.25) is 0 Å². The molecule has 0 amide bonds. The van der Waals surface area contributed by atoms with Crippen molar-refractivity contribution >= 4 is 0 Å². The molecule has 2 aliphatic carbocycles. The van der Waals surface area contributed by atoms with Crippen molar-refractivity contribution in [1.29, 1.82) is 0 Å². The van der Waals surface area contributed by atoms with E-state index in [2.05, 4.69) is 43.4 Å². The van der Waals surface area contributed by atoms with E-state index in [0.717, 1.165) is 25.0 Å². The first-order valence-corrected chi connectivity index (χ1v) is 8.19. The molecule has 0 radical (unpaired) electrons. The largest absolute Gasteiger partial charge is 0.377 e. The predicted molar refractivity (Wildman–Crippen MR) is 82.9 cm³/mol. The monoisotopic (exact) mass is 273 g/mol. The quantitative estimate of drug-likeness (QED) is 0.889. The summed E-state index contributed by atoms with van der Waals surface area (Å²) in [4.78, 5) is 0. The SMILES string of the molecule is CCOC(C)CNC1C2CCC1Cc1ccccc1C2. The Kier molecular flexibility index (Phi) is 4.42. The Morgan fingerprint density at radius 1 is 1.15 bits per heavy atom. The summed E-state index contributed by atoms with van der Waals surface area (Å²) in [6.45, 7) is 6.04. The van der Waals surface area contributed by atoms with Crippen LogP contribution < -0.4 is 5.32 Å². The molecule has 2 aliphatic rings. The second-order valence-electron chi connectivity index (χ2n) is 6.47. The lowest BCUT2D eigenvalue weighted by atomic mass is 9.94. The molecular weight excluding hydrogens is 246 g/mol. The summed E-state index contributed by atoms with van der Waals surface area (Å²) in [5, 5.41) is 3.82. The highest BCUT2D eigenvalue weighted by molar-refractivity contribution is 5.30. The minimum Gasteiger partial charge on any atom is -0.377 e. The first-order valence-electron chi connectivity index (χ1n) is 8.19. The minimum atomic E-state index is 0.324. The highest BCUT2D eigenvalue weighted by Gasteiger charge is 2.38. The van der Waals surface area contributed by atoms with Crippen molar-refractivity contribution in [2.75, 3.05) is 13.2 Å². The second-order valence-corrected chi connectivity index (χ2v) is 6.47. The van der Waals surface area contributed by atoms with Crippen LogP contribution in [0.4, 0.5) is 0 Å². The molecular formula is C18H27NO. The van der Waals surface area contributed by atoms with Crippen LogP contribution in [0.15, 0.2) is 24.3 Å². The number of hydrogen-bond acceptors (Lipinski definition) is 2. The van der Waals surface area contributed by atoms with E-state index in [1.165, 1.54) is 25.7 Å². The highest BCUT2D eigenvalue weighted by Crippen LogP contribution is 2.39. The molecule has 1 aromatic rings. The van der Waals surface area contributed by atoms with Gasteiger partial charge in [0.25, 0.3) is 0 Å². The average molecular weight is 273 g/mol. The molecule has 1 fully saturated rings. The molecule has 1 saturated carbocycles. The number of ether oxygens (including phenoxy) is 1. The zero-order chi connectivity index (χ0) is 13.9. The van der Waals surface area contributed by atoms with Crippen LogP contribution >= 0.6 is 0 Å². The van der Waals surface area contributed by atoms with Gasteiger partial charge in [-0.3, -0.25) is 0 Å². The second kappa shape index (κ2) is 6.28. The van der Waals surface area contributed by atoms with Gasteiger partial charge in [-0.2, -0.15) is 0 Å². The molecule has 2 heteroatoms. The maximum Gasteiger partial charge on any atom is 0.0671 e. The molecule has 2 bridgehead atoms. The third-order valence-corrected chi connectivity index (χ3v) is 5.10. The lowest BCUT2D eigenvalue weighted by Gasteiger charge is -2.25. The van der Waals surface area contributed by atoms with Gasteiger partial charge < -0.3 is 10.1 Å². The molecule has 3 rings (SSSR count). The number of hydrogen-bond donors (Lipinski definition) is 1. The normalized spacial score (nSPS) is 29.8. The fraction of sp³-hybridized carbons (Fsp3) is 0.667. The Morgan fingerprint density at radius 2 is 1.75 bits per heavy atom. The number of fused-ring (bicyclic) bond motifs is 3. The van der Waals surface area contributed by atoms with E-state index < -0.39 is 0 Å². The Morgan fingerprint density at radius 3 is 2.30 bits per heavy atom. The van der Waals surface area contributed by atoms with Crippen LogP contribution in [-0.4, -0.2) is 25.3 Å². The molecule has 0 saturated heterocycles. The topological polar surface area (TPSA) is 21.3 Å². The number of benzene rings is 1. The van der Waals surface area contributed by atoms with Crippen LogP contribution in [0.1, 0.15) is 37.8 Å². The van der Waals surface area contributed by atoms with Crippen LogP contribution in [0.25, 0.3) is 0 Å². The van der Waals surface area contributed by atoms with Gasteiger partial charge in [-0.25, -0.2) is 0 Å². The summed E-state index contributed by atoms with van der Waals surface area (Å²) in [6, 6.07) is 9.73. The first kappa shape index (κ1) is 14.1. The molecule has 0 heterocycles. The van der Waals surface area contributed by atoms with E-state index in [9.17, 15) is 0 Å². The molecule has 1 N–H and O–H groups in total. The van der Waals surface area contributed by atoms with Gasteiger partial charge >= 0.3 is 0 Å². The smallest absolute Gasteiger partial charge is 0.0671 e. The maximum atomic E-state index is 5.65. The lowest BCUT2D eigenvalue weighted by molar-refractivity contribution is 0.0713. The summed E-state index contributed by atoms with van der Waals surface area (Å²) in [5.41, 5.74) is 3.17. The van der Waals surface area contributed by atoms with E-state index in [0.29, 0.717) is 12.1 Å². The molecule has 20 heavy (non-hydrogen) atoms. The van der Waals surface area contributed by atoms with Crippen LogP contribution in [0.5, 0.6) is 0 Å².